The third-order valence-electron chi connectivity index (χ3n) is 2.60. The van der Waals surface area contributed by atoms with Gasteiger partial charge in [0.25, 0.3) is 0 Å². The highest BCUT2D eigenvalue weighted by Crippen LogP contribution is 2.02. The predicted molar refractivity (Wildman–Crippen MR) is 61.0 cm³/mol. The number of hydrogen-bond acceptors (Lipinski definition) is 3. The molecule has 16 heavy (non-hydrogen) atoms. The van der Waals surface area contributed by atoms with Crippen molar-refractivity contribution in [1.82, 2.24) is 10.6 Å². The van der Waals surface area contributed by atoms with Gasteiger partial charge in [0, 0.05) is 12.6 Å². The number of hydrogen-bond donors (Lipinski definition) is 2. The van der Waals surface area contributed by atoms with Gasteiger partial charge >= 0.3 is 6.09 Å². The zero-order valence-corrected chi connectivity index (χ0v) is 9.11. The molecule has 2 N–H and O–H groups in total. The summed E-state index contributed by atoms with van der Waals surface area (Å²) < 4.78 is 5.11. The Morgan fingerprint density at radius 1 is 1.44 bits per heavy atom. The van der Waals surface area contributed by atoms with Gasteiger partial charge in [-0.15, -0.1) is 0 Å². The Hall–Kier alpha value is -1.55. The molecule has 4 nitrogen and oxygen atoms in total. The normalized spacial score (nSPS) is 19.4. The molecule has 0 aliphatic carbocycles. The minimum Gasteiger partial charge on any atom is -0.445 e. The molecule has 0 unspecified atom stereocenters. The smallest absolute Gasteiger partial charge is 0.407 e. The van der Waals surface area contributed by atoms with Crippen LogP contribution in [0.4, 0.5) is 4.79 Å². The van der Waals surface area contributed by atoms with Gasteiger partial charge in [-0.2, -0.15) is 0 Å². The van der Waals surface area contributed by atoms with Crippen molar-refractivity contribution in [2.45, 2.75) is 19.1 Å². The summed E-state index contributed by atoms with van der Waals surface area (Å²) >= 11 is 0. The van der Waals surface area contributed by atoms with E-state index < -0.39 is 0 Å². The minimum absolute atomic E-state index is 0.211. The van der Waals surface area contributed by atoms with Gasteiger partial charge in [-0.1, -0.05) is 30.3 Å². The summed E-state index contributed by atoms with van der Waals surface area (Å²) in [6.07, 6.45) is 0.637. The second kappa shape index (κ2) is 5.51. The summed E-state index contributed by atoms with van der Waals surface area (Å²) in [4.78, 5) is 11.4. The average molecular weight is 220 g/mol. The third-order valence-corrected chi connectivity index (χ3v) is 2.60. The van der Waals surface area contributed by atoms with E-state index in [0.717, 1.165) is 25.1 Å². The molecule has 1 heterocycles. The first-order chi connectivity index (χ1) is 7.84. The molecule has 1 aromatic carbocycles. The maximum Gasteiger partial charge on any atom is 0.407 e. The van der Waals surface area contributed by atoms with Gasteiger partial charge in [-0.05, 0) is 18.5 Å². The summed E-state index contributed by atoms with van der Waals surface area (Å²) in [7, 11) is 0. The number of rotatable bonds is 3. The standard InChI is InChI=1S/C12H16N2O2/c15-12(14-11-6-7-13-8-11)16-9-10-4-2-1-3-5-10/h1-5,11,13H,6-9H2,(H,14,15)/t11-/m0/s1. The quantitative estimate of drug-likeness (QED) is 0.806. The predicted octanol–water partition coefficient (Wildman–Crippen LogP) is 1.27. The van der Waals surface area contributed by atoms with E-state index in [4.69, 9.17) is 4.74 Å². The van der Waals surface area contributed by atoms with E-state index in [0.29, 0.717) is 6.61 Å². The van der Waals surface area contributed by atoms with Crippen LogP contribution in [0.1, 0.15) is 12.0 Å². The highest BCUT2D eigenvalue weighted by molar-refractivity contribution is 5.67. The van der Waals surface area contributed by atoms with Crippen molar-refractivity contribution in [1.29, 1.82) is 0 Å². The second-order valence-corrected chi connectivity index (χ2v) is 3.90. The largest absolute Gasteiger partial charge is 0.445 e. The van der Waals surface area contributed by atoms with Crippen LogP contribution in [0.15, 0.2) is 30.3 Å². The highest BCUT2D eigenvalue weighted by atomic mass is 16.5. The topological polar surface area (TPSA) is 50.4 Å². The number of carbonyl (C=O) groups is 1. The van der Waals surface area contributed by atoms with Crippen LogP contribution in [0.25, 0.3) is 0 Å². The molecule has 1 aliphatic rings. The molecule has 4 heteroatoms. The summed E-state index contributed by atoms with van der Waals surface area (Å²) in [5.74, 6) is 0. The molecule has 0 aromatic heterocycles. The van der Waals surface area contributed by atoms with E-state index in [9.17, 15) is 4.79 Å². The van der Waals surface area contributed by atoms with Crippen LogP contribution in [0, 0.1) is 0 Å². The average Bonchev–Trinajstić information content (AvgIpc) is 2.81. The van der Waals surface area contributed by atoms with Crippen LogP contribution in [0.5, 0.6) is 0 Å². The van der Waals surface area contributed by atoms with Crippen LogP contribution in [-0.4, -0.2) is 25.2 Å². The summed E-state index contributed by atoms with van der Waals surface area (Å²) in [6, 6.07) is 9.88. The van der Waals surface area contributed by atoms with Gasteiger partial charge in [-0.3, -0.25) is 0 Å². The van der Waals surface area contributed by atoms with Crippen LogP contribution >= 0.6 is 0 Å². The maximum atomic E-state index is 11.4. The van der Waals surface area contributed by atoms with Gasteiger partial charge in [0.15, 0.2) is 0 Å². The van der Waals surface area contributed by atoms with Crippen LogP contribution in [0.2, 0.25) is 0 Å². The third kappa shape index (κ3) is 3.24. The Labute approximate surface area is 95.0 Å². The number of alkyl carbamates (subject to hydrolysis) is 1. The Bertz CT molecular complexity index is 334. The van der Waals surface area contributed by atoms with Gasteiger partial charge in [0.2, 0.25) is 0 Å². The number of amides is 1. The molecule has 0 spiro atoms. The van der Waals surface area contributed by atoms with Crippen molar-refractivity contribution >= 4 is 6.09 Å². The van der Waals surface area contributed by atoms with E-state index in [2.05, 4.69) is 10.6 Å². The summed E-state index contributed by atoms with van der Waals surface area (Å²) in [6.45, 7) is 2.12. The number of nitrogens with one attached hydrogen (secondary N) is 2. The van der Waals surface area contributed by atoms with Gasteiger partial charge < -0.3 is 15.4 Å². The molecule has 1 aliphatic heterocycles. The van der Waals surface area contributed by atoms with Crippen molar-refractivity contribution < 1.29 is 9.53 Å². The monoisotopic (exact) mass is 220 g/mol. The number of ether oxygens (including phenoxy) is 1. The molecule has 1 amide bonds. The first-order valence-electron chi connectivity index (χ1n) is 5.52. The molecule has 0 bridgehead atoms. The first-order valence-corrected chi connectivity index (χ1v) is 5.52. The summed E-state index contributed by atoms with van der Waals surface area (Å²) in [5.41, 5.74) is 1.00. The Kier molecular flexibility index (Phi) is 3.77. The molecule has 0 radical (unpaired) electrons. The summed E-state index contributed by atoms with van der Waals surface area (Å²) in [5, 5.41) is 6.01. The van der Waals surface area contributed by atoms with Crippen molar-refractivity contribution in [2.75, 3.05) is 13.1 Å². The highest BCUT2D eigenvalue weighted by Gasteiger charge is 2.16. The fourth-order valence-corrected chi connectivity index (χ4v) is 1.71. The van der Waals surface area contributed by atoms with E-state index in [1.807, 2.05) is 30.3 Å². The maximum absolute atomic E-state index is 11.4. The van der Waals surface area contributed by atoms with Gasteiger partial charge in [0.05, 0.1) is 0 Å². The van der Waals surface area contributed by atoms with Gasteiger partial charge in [0.1, 0.15) is 6.61 Å². The van der Waals surface area contributed by atoms with Crippen molar-refractivity contribution in [3.8, 4) is 0 Å². The van der Waals surface area contributed by atoms with Crippen LogP contribution in [-0.2, 0) is 11.3 Å². The lowest BCUT2D eigenvalue weighted by molar-refractivity contribution is 0.136. The van der Waals surface area contributed by atoms with Crippen molar-refractivity contribution in [3.63, 3.8) is 0 Å². The molecule has 1 fully saturated rings. The van der Waals surface area contributed by atoms with Crippen molar-refractivity contribution in [2.24, 2.45) is 0 Å². The molecule has 1 saturated heterocycles. The molecule has 1 atom stereocenters. The van der Waals surface area contributed by atoms with Crippen molar-refractivity contribution in [3.05, 3.63) is 35.9 Å². The molecule has 86 valence electrons. The lowest BCUT2D eigenvalue weighted by Crippen LogP contribution is -2.36. The number of carbonyl (C=O) groups excluding carboxylic acids is 1. The van der Waals surface area contributed by atoms with Gasteiger partial charge in [-0.25, -0.2) is 4.79 Å². The molecule has 0 saturated carbocycles. The lowest BCUT2D eigenvalue weighted by atomic mass is 10.2. The molecule has 1 aromatic rings. The second-order valence-electron chi connectivity index (χ2n) is 3.90. The zero-order chi connectivity index (χ0) is 11.2. The fraction of sp³-hybridized carbons (Fsp3) is 0.417. The lowest BCUT2D eigenvalue weighted by Gasteiger charge is -2.11. The SMILES string of the molecule is O=C(N[C@H]1CCNC1)OCc1ccccc1. The van der Waals surface area contributed by atoms with E-state index in [-0.39, 0.29) is 12.1 Å². The molecular weight excluding hydrogens is 204 g/mol. The Morgan fingerprint density at radius 2 is 2.25 bits per heavy atom. The fourth-order valence-electron chi connectivity index (χ4n) is 1.71. The van der Waals surface area contributed by atoms with E-state index in [1.54, 1.807) is 0 Å². The molecular formula is C12H16N2O2. The van der Waals surface area contributed by atoms with E-state index in [1.165, 1.54) is 0 Å². The zero-order valence-electron chi connectivity index (χ0n) is 9.11. The first kappa shape index (κ1) is 11.0. The molecule has 2 rings (SSSR count). The minimum atomic E-state index is -0.336. The Morgan fingerprint density at radius 3 is 2.94 bits per heavy atom. The van der Waals surface area contributed by atoms with E-state index >= 15 is 0 Å². The van der Waals surface area contributed by atoms with Crippen LogP contribution in [0.3, 0.4) is 0 Å². The Balaban J connectivity index is 1.71. The van der Waals surface area contributed by atoms with Crippen LogP contribution < -0.4 is 10.6 Å². The number of benzene rings is 1.